The van der Waals surface area contributed by atoms with E-state index >= 15 is 0 Å². The van der Waals surface area contributed by atoms with Crippen molar-refractivity contribution in [1.29, 1.82) is 0 Å². The van der Waals surface area contributed by atoms with Gasteiger partial charge in [-0.3, -0.25) is 0 Å². The molecule has 0 unspecified atom stereocenters. The molecule has 0 spiro atoms. The summed E-state index contributed by atoms with van der Waals surface area (Å²) in [5.41, 5.74) is 2.82. The van der Waals surface area contributed by atoms with E-state index in [1.165, 1.54) is 0 Å². The fourth-order valence-electron chi connectivity index (χ4n) is 4.51. The van der Waals surface area contributed by atoms with E-state index in [1.807, 2.05) is 26.0 Å². The number of benzene rings is 2. The Morgan fingerprint density at radius 1 is 0.750 bits per heavy atom. The van der Waals surface area contributed by atoms with Crippen molar-refractivity contribution in [3.63, 3.8) is 0 Å². The zero-order valence-electron chi connectivity index (χ0n) is 17.0. The van der Waals surface area contributed by atoms with Crippen LogP contribution in [0.2, 0.25) is 0 Å². The molecule has 1 aliphatic carbocycles. The zero-order valence-corrected chi connectivity index (χ0v) is 17.0. The highest BCUT2D eigenvalue weighted by Gasteiger charge is 2.27. The van der Waals surface area contributed by atoms with Crippen molar-refractivity contribution in [2.75, 3.05) is 0 Å². The normalized spacial score (nSPS) is 19.8. The number of rotatable bonds is 7. The Bertz CT molecular complexity index is 789. The molecule has 0 aromatic heterocycles. The Kier molecular flexibility index (Phi) is 7.20. The minimum absolute atomic E-state index is 0.0511. The molecule has 0 aliphatic heterocycles. The van der Waals surface area contributed by atoms with Gasteiger partial charge in [0, 0.05) is 0 Å². The third-order valence-electron chi connectivity index (χ3n) is 6.23. The van der Waals surface area contributed by atoms with Crippen LogP contribution in [0.4, 0.5) is 13.2 Å². The molecule has 0 radical (unpaired) electrons. The molecule has 0 nitrogen and oxygen atoms in total. The quantitative estimate of drug-likeness (QED) is 0.453. The third-order valence-corrected chi connectivity index (χ3v) is 6.23. The van der Waals surface area contributed by atoms with Crippen molar-refractivity contribution in [2.24, 2.45) is 0 Å². The molecule has 152 valence electrons. The molecule has 1 fully saturated rings. The van der Waals surface area contributed by atoms with Crippen LogP contribution in [-0.4, -0.2) is 0 Å². The van der Waals surface area contributed by atoms with Gasteiger partial charge in [-0.25, -0.2) is 13.2 Å². The van der Waals surface area contributed by atoms with Crippen molar-refractivity contribution in [2.45, 2.75) is 83.5 Å². The van der Waals surface area contributed by atoms with Gasteiger partial charge in [0.2, 0.25) is 0 Å². The van der Waals surface area contributed by atoms with Gasteiger partial charge in [0.25, 0.3) is 0 Å². The first kappa shape index (κ1) is 21.0. The first-order chi connectivity index (χ1) is 13.5. The van der Waals surface area contributed by atoms with Crippen LogP contribution in [0.25, 0.3) is 0 Å². The van der Waals surface area contributed by atoms with Gasteiger partial charge in [0.15, 0.2) is 11.6 Å². The molecule has 1 saturated carbocycles. The number of halogens is 3. The van der Waals surface area contributed by atoms with Gasteiger partial charge in [-0.15, -0.1) is 0 Å². The summed E-state index contributed by atoms with van der Waals surface area (Å²) in [6.07, 6.45) is 7.51. The second-order valence-corrected chi connectivity index (χ2v) is 8.19. The zero-order chi connectivity index (χ0) is 20.1. The highest BCUT2D eigenvalue weighted by molar-refractivity contribution is 5.31. The summed E-state index contributed by atoms with van der Waals surface area (Å²) in [4.78, 5) is 0. The summed E-state index contributed by atoms with van der Waals surface area (Å²) in [6, 6.07) is 9.18. The maximum atomic E-state index is 14.6. The Labute approximate surface area is 167 Å². The second-order valence-electron chi connectivity index (χ2n) is 8.19. The number of hydrogen-bond acceptors (Lipinski definition) is 0. The van der Waals surface area contributed by atoms with Crippen LogP contribution in [0.15, 0.2) is 30.3 Å². The molecule has 0 amide bonds. The standard InChI is InChI=1S/C25H31F3/c1-3-5-7-20-14-15-22(25(28)24(20)27)18-10-8-17(9-11-18)21-13-12-19(6-4-2)23(26)16-21/h12-18H,3-11H2,1-2H3. The molecule has 0 N–H and O–H groups in total. The average molecular weight is 389 g/mol. The van der Waals surface area contributed by atoms with E-state index in [0.29, 0.717) is 23.5 Å². The number of hydrogen-bond donors (Lipinski definition) is 0. The van der Waals surface area contributed by atoms with Crippen LogP contribution in [0.3, 0.4) is 0 Å². The predicted octanol–water partition coefficient (Wildman–Crippen LogP) is 7.84. The average Bonchev–Trinajstić information content (AvgIpc) is 2.71. The van der Waals surface area contributed by atoms with E-state index in [-0.39, 0.29) is 11.7 Å². The monoisotopic (exact) mass is 388 g/mol. The lowest BCUT2D eigenvalue weighted by Crippen LogP contribution is -2.14. The van der Waals surface area contributed by atoms with Gasteiger partial charge >= 0.3 is 0 Å². The Morgan fingerprint density at radius 3 is 2.07 bits per heavy atom. The Balaban J connectivity index is 1.67. The highest BCUT2D eigenvalue weighted by atomic mass is 19.2. The van der Waals surface area contributed by atoms with Crippen LogP contribution >= 0.6 is 0 Å². The van der Waals surface area contributed by atoms with E-state index < -0.39 is 11.6 Å². The summed E-state index contributed by atoms with van der Waals surface area (Å²) in [6.45, 7) is 4.09. The number of unbranched alkanes of at least 4 members (excludes halogenated alkanes) is 1. The molecule has 0 bridgehead atoms. The fraction of sp³-hybridized carbons (Fsp3) is 0.520. The maximum Gasteiger partial charge on any atom is 0.162 e. The van der Waals surface area contributed by atoms with Crippen LogP contribution in [0.5, 0.6) is 0 Å². The van der Waals surface area contributed by atoms with Crippen LogP contribution < -0.4 is 0 Å². The largest absolute Gasteiger partial charge is 0.207 e. The van der Waals surface area contributed by atoms with Crippen molar-refractivity contribution in [1.82, 2.24) is 0 Å². The minimum atomic E-state index is -0.665. The minimum Gasteiger partial charge on any atom is -0.207 e. The van der Waals surface area contributed by atoms with Crippen molar-refractivity contribution in [3.8, 4) is 0 Å². The van der Waals surface area contributed by atoms with Crippen LogP contribution in [-0.2, 0) is 12.8 Å². The lowest BCUT2D eigenvalue weighted by atomic mass is 9.75. The first-order valence-corrected chi connectivity index (χ1v) is 10.8. The molecular formula is C25H31F3. The predicted molar refractivity (Wildman–Crippen MR) is 109 cm³/mol. The second kappa shape index (κ2) is 9.62. The van der Waals surface area contributed by atoms with Gasteiger partial charge in [0.1, 0.15) is 5.82 Å². The molecule has 2 aromatic carbocycles. The van der Waals surface area contributed by atoms with Gasteiger partial charge in [-0.05, 0) is 85.1 Å². The van der Waals surface area contributed by atoms with Crippen molar-refractivity contribution in [3.05, 3.63) is 70.0 Å². The van der Waals surface area contributed by atoms with Crippen molar-refractivity contribution < 1.29 is 13.2 Å². The molecular weight excluding hydrogens is 357 g/mol. The Morgan fingerprint density at radius 2 is 1.43 bits per heavy atom. The smallest absolute Gasteiger partial charge is 0.162 e. The van der Waals surface area contributed by atoms with Gasteiger partial charge < -0.3 is 0 Å². The molecule has 1 aliphatic rings. The van der Waals surface area contributed by atoms with E-state index in [2.05, 4.69) is 0 Å². The van der Waals surface area contributed by atoms with Gasteiger partial charge in [-0.2, -0.15) is 0 Å². The molecule has 0 saturated heterocycles. The molecule has 3 heteroatoms. The van der Waals surface area contributed by atoms with E-state index in [9.17, 15) is 13.2 Å². The lowest BCUT2D eigenvalue weighted by molar-refractivity contribution is 0.379. The molecule has 0 atom stereocenters. The molecule has 3 rings (SSSR count). The molecule has 0 heterocycles. The van der Waals surface area contributed by atoms with E-state index in [0.717, 1.165) is 62.5 Å². The molecule has 2 aromatic rings. The molecule has 28 heavy (non-hydrogen) atoms. The number of aryl methyl sites for hydroxylation is 2. The fourth-order valence-corrected chi connectivity index (χ4v) is 4.51. The highest BCUT2D eigenvalue weighted by Crippen LogP contribution is 2.42. The Hall–Kier alpha value is -1.77. The van der Waals surface area contributed by atoms with Crippen molar-refractivity contribution >= 4 is 0 Å². The SMILES string of the molecule is CCCCc1ccc(C2CCC(c3ccc(CCC)c(F)c3)CC2)c(F)c1F. The lowest BCUT2D eigenvalue weighted by Gasteiger charge is -2.29. The topological polar surface area (TPSA) is 0 Å². The first-order valence-electron chi connectivity index (χ1n) is 10.8. The summed E-state index contributed by atoms with van der Waals surface area (Å²) in [5, 5.41) is 0. The third kappa shape index (κ3) is 4.61. The summed E-state index contributed by atoms with van der Waals surface area (Å²) in [5.74, 6) is -1.08. The van der Waals surface area contributed by atoms with Crippen LogP contribution in [0.1, 0.15) is 92.9 Å². The summed E-state index contributed by atoms with van der Waals surface area (Å²) in [7, 11) is 0. The summed E-state index contributed by atoms with van der Waals surface area (Å²) < 4.78 is 43.3. The van der Waals surface area contributed by atoms with E-state index in [4.69, 9.17) is 0 Å². The van der Waals surface area contributed by atoms with E-state index in [1.54, 1.807) is 18.2 Å². The summed E-state index contributed by atoms with van der Waals surface area (Å²) >= 11 is 0. The van der Waals surface area contributed by atoms with Gasteiger partial charge in [-0.1, -0.05) is 51.0 Å². The van der Waals surface area contributed by atoms with Gasteiger partial charge in [0.05, 0.1) is 0 Å². The van der Waals surface area contributed by atoms with Crippen LogP contribution in [0, 0.1) is 17.5 Å². The maximum absolute atomic E-state index is 14.6.